The minimum absolute atomic E-state index is 0.112. The number of amides is 1. The molecule has 0 bridgehead atoms. The first kappa shape index (κ1) is 23.6. The molecule has 32 heavy (non-hydrogen) atoms. The van der Waals surface area contributed by atoms with Crippen LogP contribution in [-0.2, 0) is 23.1 Å². The smallest absolute Gasteiger partial charge is 0.407 e. The molecule has 2 aromatic heterocycles. The van der Waals surface area contributed by atoms with Crippen molar-refractivity contribution in [2.75, 3.05) is 6.61 Å². The first-order valence-corrected chi connectivity index (χ1v) is 11.2. The van der Waals surface area contributed by atoms with E-state index in [2.05, 4.69) is 22.3 Å². The number of carboxylic acids is 1. The van der Waals surface area contributed by atoms with E-state index >= 15 is 0 Å². The highest BCUT2D eigenvalue weighted by Crippen LogP contribution is 2.29. The van der Waals surface area contributed by atoms with E-state index in [4.69, 9.17) is 9.47 Å². The van der Waals surface area contributed by atoms with Gasteiger partial charge in [-0.2, -0.15) is 5.10 Å². The van der Waals surface area contributed by atoms with E-state index in [-0.39, 0.29) is 18.6 Å². The average Bonchev–Trinajstić information content (AvgIpc) is 3.16. The second-order valence-corrected chi connectivity index (χ2v) is 8.15. The molecular formula is C23H32N4O5. The molecule has 1 aliphatic rings. The second kappa shape index (κ2) is 11.5. The summed E-state index contributed by atoms with van der Waals surface area (Å²) in [4.78, 5) is 27.7. The van der Waals surface area contributed by atoms with Crippen LogP contribution in [0.25, 0.3) is 11.3 Å². The highest BCUT2D eigenvalue weighted by molar-refractivity contribution is 5.70. The van der Waals surface area contributed by atoms with E-state index in [0.29, 0.717) is 30.9 Å². The fraction of sp³-hybridized carbons (Fsp3) is 0.565. The number of carbonyl (C=O) groups is 2. The van der Waals surface area contributed by atoms with E-state index in [1.54, 1.807) is 17.1 Å². The average molecular weight is 445 g/mol. The molecule has 1 aliphatic carbocycles. The summed E-state index contributed by atoms with van der Waals surface area (Å²) in [6.07, 6.45) is 8.68. The summed E-state index contributed by atoms with van der Waals surface area (Å²) >= 11 is 0. The molecule has 2 heterocycles. The number of nitrogens with one attached hydrogen (secondary N) is 1. The van der Waals surface area contributed by atoms with E-state index < -0.39 is 12.1 Å². The Labute approximate surface area is 188 Å². The zero-order valence-corrected chi connectivity index (χ0v) is 18.7. The third-order valence-corrected chi connectivity index (χ3v) is 5.73. The normalized spacial score (nSPS) is 18.2. The Morgan fingerprint density at radius 2 is 2.09 bits per heavy atom. The van der Waals surface area contributed by atoms with Crippen molar-refractivity contribution in [3.63, 3.8) is 0 Å². The van der Waals surface area contributed by atoms with Gasteiger partial charge in [0.15, 0.2) is 0 Å². The first-order chi connectivity index (χ1) is 15.5. The van der Waals surface area contributed by atoms with Gasteiger partial charge in [0, 0.05) is 12.6 Å². The van der Waals surface area contributed by atoms with Crippen LogP contribution in [0.1, 0.15) is 57.6 Å². The minimum atomic E-state index is -0.755. The monoisotopic (exact) mass is 444 g/mol. The molecule has 0 spiro atoms. The molecule has 9 nitrogen and oxygen atoms in total. The van der Waals surface area contributed by atoms with Crippen LogP contribution in [0.5, 0.6) is 5.75 Å². The molecule has 2 aromatic rings. The molecule has 0 radical (unpaired) electrons. The Morgan fingerprint density at radius 3 is 2.81 bits per heavy atom. The Kier molecular flexibility index (Phi) is 8.47. The van der Waals surface area contributed by atoms with Gasteiger partial charge in [0.1, 0.15) is 5.75 Å². The van der Waals surface area contributed by atoms with Gasteiger partial charge in [0.05, 0.1) is 49.0 Å². The quantitative estimate of drug-likeness (QED) is 0.534. The van der Waals surface area contributed by atoms with Crippen molar-refractivity contribution in [2.24, 2.45) is 13.0 Å². The molecule has 0 saturated heterocycles. The molecule has 2 N–H and O–H groups in total. The minimum Gasteiger partial charge on any atom is -0.489 e. The summed E-state index contributed by atoms with van der Waals surface area (Å²) in [6, 6.07) is 3.68. The molecule has 9 heteroatoms. The number of aromatic nitrogens is 3. The standard InChI is InChI=1S/C23H32N4O5/c1-3-4-5-11-31-23(30)25-15-21-19(14-26-27(21)2)20-10-9-18(13-24-20)32-17-8-6-7-16(12-17)22(28)29/h9-10,13-14,16-17H,3-8,11-12,15H2,1-2H3,(H,25,30)(H,28,29)/t16?,17-/m0/s1. The highest BCUT2D eigenvalue weighted by Gasteiger charge is 2.28. The number of pyridine rings is 1. The number of hydrogen-bond donors (Lipinski definition) is 2. The fourth-order valence-corrected chi connectivity index (χ4v) is 3.89. The van der Waals surface area contributed by atoms with E-state index in [1.807, 2.05) is 19.2 Å². The van der Waals surface area contributed by atoms with Gasteiger partial charge in [0.2, 0.25) is 0 Å². The number of carboxylic acid groups (broad SMARTS) is 1. The van der Waals surface area contributed by atoms with Crippen LogP contribution >= 0.6 is 0 Å². The van der Waals surface area contributed by atoms with Crippen molar-refractivity contribution in [1.82, 2.24) is 20.1 Å². The number of hydrogen-bond acceptors (Lipinski definition) is 6. The van der Waals surface area contributed by atoms with Crippen LogP contribution in [-0.4, -0.2) is 44.6 Å². The summed E-state index contributed by atoms with van der Waals surface area (Å²) in [5.41, 5.74) is 2.34. The second-order valence-electron chi connectivity index (χ2n) is 8.15. The number of unbranched alkanes of at least 4 members (excludes halogenated alkanes) is 2. The van der Waals surface area contributed by atoms with Gasteiger partial charge >= 0.3 is 12.1 Å². The molecule has 1 unspecified atom stereocenters. The van der Waals surface area contributed by atoms with Gasteiger partial charge in [-0.1, -0.05) is 19.8 Å². The lowest BCUT2D eigenvalue weighted by Gasteiger charge is -2.27. The Morgan fingerprint density at radius 1 is 1.25 bits per heavy atom. The Balaban J connectivity index is 1.58. The lowest BCUT2D eigenvalue weighted by molar-refractivity contribution is -0.143. The highest BCUT2D eigenvalue weighted by atomic mass is 16.5. The van der Waals surface area contributed by atoms with Crippen molar-refractivity contribution in [2.45, 2.75) is 64.5 Å². The van der Waals surface area contributed by atoms with Crippen LogP contribution in [0.4, 0.5) is 4.79 Å². The number of ether oxygens (including phenoxy) is 2. The number of carbonyl (C=O) groups excluding carboxylic acids is 1. The third kappa shape index (κ3) is 6.45. The summed E-state index contributed by atoms with van der Waals surface area (Å²) < 4.78 is 12.9. The maximum atomic E-state index is 11.9. The SMILES string of the molecule is CCCCCOC(=O)NCc1c(-c2ccc(O[C@H]3CCCC(C(=O)O)C3)cn2)cnn1C. The number of rotatable bonds is 10. The molecule has 0 aromatic carbocycles. The predicted octanol–water partition coefficient (Wildman–Crippen LogP) is 3.92. The molecule has 174 valence electrons. The van der Waals surface area contributed by atoms with Gasteiger partial charge in [0.25, 0.3) is 0 Å². The zero-order valence-electron chi connectivity index (χ0n) is 18.7. The Bertz CT molecular complexity index is 896. The van der Waals surface area contributed by atoms with Crippen molar-refractivity contribution in [3.05, 3.63) is 30.2 Å². The molecule has 3 rings (SSSR count). The zero-order chi connectivity index (χ0) is 22.9. The summed E-state index contributed by atoms with van der Waals surface area (Å²) in [5, 5.41) is 16.3. The van der Waals surface area contributed by atoms with Crippen LogP contribution < -0.4 is 10.1 Å². The van der Waals surface area contributed by atoms with Crippen LogP contribution in [0.15, 0.2) is 24.5 Å². The van der Waals surface area contributed by atoms with Gasteiger partial charge in [-0.25, -0.2) is 4.79 Å². The Hall–Kier alpha value is -3.10. The summed E-state index contributed by atoms with van der Waals surface area (Å²) in [7, 11) is 1.81. The van der Waals surface area contributed by atoms with Gasteiger partial charge in [-0.3, -0.25) is 14.5 Å². The molecule has 1 saturated carbocycles. The molecule has 2 atom stereocenters. The van der Waals surface area contributed by atoms with Crippen molar-refractivity contribution >= 4 is 12.1 Å². The van der Waals surface area contributed by atoms with Crippen LogP contribution in [0.3, 0.4) is 0 Å². The van der Waals surface area contributed by atoms with E-state index in [1.165, 1.54) is 0 Å². The molecular weight excluding hydrogens is 412 g/mol. The van der Waals surface area contributed by atoms with Crippen molar-refractivity contribution in [3.8, 4) is 17.0 Å². The lowest BCUT2D eigenvalue weighted by atomic mass is 9.87. The number of aryl methyl sites for hydroxylation is 1. The topological polar surface area (TPSA) is 116 Å². The fourth-order valence-electron chi connectivity index (χ4n) is 3.89. The lowest BCUT2D eigenvalue weighted by Crippen LogP contribution is -2.29. The summed E-state index contributed by atoms with van der Waals surface area (Å²) in [5.74, 6) is -0.483. The summed E-state index contributed by atoms with van der Waals surface area (Å²) in [6.45, 7) is 2.79. The van der Waals surface area contributed by atoms with Crippen LogP contribution in [0, 0.1) is 5.92 Å². The number of nitrogens with zero attached hydrogens (tertiary/aromatic N) is 3. The molecule has 0 aliphatic heterocycles. The predicted molar refractivity (Wildman–Crippen MR) is 118 cm³/mol. The van der Waals surface area contributed by atoms with Gasteiger partial charge < -0.3 is 19.9 Å². The molecule has 1 amide bonds. The van der Waals surface area contributed by atoms with Gasteiger partial charge in [-0.05, 0) is 44.2 Å². The van der Waals surface area contributed by atoms with E-state index in [0.717, 1.165) is 43.4 Å². The third-order valence-electron chi connectivity index (χ3n) is 5.73. The van der Waals surface area contributed by atoms with Crippen molar-refractivity contribution in [1.29, 1.82) is 0 Å². The van der Waals surface area contributed by atoms with E-state index in [9.17, 15) is 14.7 Å². The molecule has 1 fully saturated rings. The van der Waals surface area contributed by atoms with Crippen molar-refractivity contribution < 1.29 is 24.2 Å². The first-order valence-electron chi connectivity index (χ1n) is 11.2. The van der Waals surface area contributed by atoms with Gasteiger partial charge in [-0.15, -0.1) is 0 Å². The largest absolute Gasteiger partial charge is 0.489 e. The number of alkyl carbamates (subject to hydrolysis) is 1. The maximum Gasteiger partial charge on any atom is 0.407 e. The number of aliphatic carboxylic acids is 1. The van der Waals surface area contributed by atoms with Crippen LogP contribution in [0.2, 0.25) is 0 Å². The maximum absolute atomic E-state index is 11.9.